The Morgan fingerprint density at radius 3 is 2.45 bits per heavy atom. The second kappa shape index (κ2) is 9.53. The normalized spacial score (nSPS) is 10.6. The van der Waals surface area contributed by atoms with Gasteiger partial charge in [-0.05, 0) is 19.8 Å². The molecule has 0 aliphatic rings. The highest BCUT2D eigenvalue weighted by molar-refractivity contribution is 5.56. The molecule has 1 aromatic heterocycles. The molecular formula is C15H28N4O. The van der Waals surface area contributed by atoms with Gasteiger partial charge in [0.15, 0.2) is 0 Å². The van der Waals surface area contributed by atoms with Crippen LogP contribution in [0.5, 0.6) is 0 Å². The van der Waals surface area contributed by atoms with Crippen molar-refractivity contribution in [2.24, 2.45) is 0 Å². The number of nitrogens with one attached hydrogen (secondary N) is 2. The Hall–Kier alpha value is -1.36. The summed E-state index contributed by atoms with van der Waals surface area (Å²) in [4.78, 5) is 9.10. The molecule has 0 bridgehead atoms. The van der Waals surface area contributed by atoms with Crippen molar-refractivity contribution in [3.8, 4) is 0 Å². The van der Waals surface area contributed by atoms with E-state index >= 15 is 0 Å². The third-order valence-electron chi connectivity index (χ3n) is 3.08. The molecule has 0 fully saturated rings. The molecule has 5 heteroatoms. The van der Waals surface area contributed by atoms with Gasteiger partial charge in [-0.25, -0.2) is 9.97 Å². The van der Waals surface area contributed by atoms with E-state index < -0.39 is 0 Å². The van der Waals surface area contributed by atoms with Gasteiger partial charge in [-0.15, -0.1) is 0 Å². The molecule has 0 atom stereocenters. The van der Waals surface area contributed by atoms with E-state index in [1.54, 1.807) is 0 Å². The number of nitrogens with zero attached hydrogens (tertiary/aromatic N) is 2. The van der Waals surface area contributed by atoms with E-state index in [1.165, 1.54) is 6.42 Å². The molecule has 1 rings (SSSR count). The van der Waals surface area contributed by atoms with Crippen molar-refractivity contribution < 1.29 is 4.74 Å². The zero-order valence-corrected chi connectivity index (χ0v) is 13.3. The van der Waals surface area contributed by atoms with Crippen molar-refractivity contribution in [2.75, 3.05) is 37.4 Å². The SMILES string of the molecule is CCCCOCCNc1nc(CCC)nc(NC)c1C. The van der Waals surface area contributed by atoms with Gasteiger partial charge in [-0.3, -0.25) is 0 Å². The van der Waals surface area contributed by atoms with Crippen LogP contribution in [0.3, 0.4) is 0 Å². The summed E-state index contributed by atoms with van der Waals surface area (Å²) in [6.07, 6.45) is 4.24. The first-order valence-corrected chi connectivity index (χ1v) is 7.59. The molecule has 0 saturated heterocycles. The van der Waals surface area contributed by atoms with Gasteiger partial charge in [0.05, 0.1) is 6.61 Å². The number of aryl methyl sites for hydroxylation is 1. The summed E-state index contributed by atoms with van der Waals surface area (Å²) in [5.74, 6) is 2.70. The van der Waals surface area contributed by atoms with Crippen LogP contribution in [0.25, 0.3) is 0 Å². The van der Waals surface area contributed by atoms with Gasteiger partial charge in [-0.2, -0.15) is 0 Å². The Morgan fingerprint density at radius 2 is 1.80 bits per heavy atom. The minimum Gasteiger partial charge on any atom is -0.380 e. The molecule has 0 unspecified atom stereocenters. The summed E-state index contributed by atoms with van der Waals surface area (Å²) in [6, 6.07) is 0. The summed E-state index contributed by atoms with van der Waals surface area (Å²) in [7, 11) is 1.89. The van der Waals surface area contributed by atoms with Crippen LogP contribution in [0.15, 0.2) is 0 Å². The van der Waals surface area contributed by atoms with Gasteiger partial charge in [-0.1, -0.05) is 20.3 Å². The van der Waals surface area contributed by atoms with Gasteiger partial charge >= 0.3 is 0 Å². The number of rotatable bonds is 10. The molecule has 0 radical (unpaired) electrons. The molecular weight excluding hydrogens is 252 g/mol. The third kappa shape index (κ3) is 5.33. The number of aromatic nitrogens is 2. The standard InChI is InChI=1S/C15H28N4O/c1-5-7-10-20-11-9-17-15-12(3)14(16-4)18-13(19-15)8-6-2/h5-11H2,1-4H3,(H2,16,17,18,19). The first-order valence-electron chi connectivity index (χ1n) is 7.59. The lowest BCUT2D eigenvalue weighted by molar-refractivity contribution is 0.141. The van der Waals surface area contributed by atoms with Crippen LogP contribution < -0.4 is 10.6 Å². The number of unbranched alkanes of at least 4 members (excludes halogenated alkanes) is 1. The first-order chi connectivity index (χ1) is 9.72. The summed E-state index contributed by atoms with van der Waals surface area (Å²) in [5.41, 5.74) is 1.06. The minimum absolute atomic E-state index is 0.710. The lowest BCUT2D eigenvalue weighted by Gasteiger charge is -2.13. The summed E-state index contributed by atoms with van der Waals surface area (Å²) >= 11 is 0. The average Bonchev–Trinajstić information content (AvgIpc) is 2.45. The lowest BCUT2D eigenvalue weighted by Crippen LogP contribution is -2.14. The smallest absolute Gasteiger partial charge is 0.134 e. The number of anilines is 2. The highest BCUT2D eigenvalue weighted by Crippen LogP contribution is 2.19. The van der Waals surface area contributed by atoms with E-state index in [0.717, 1.165) is 55.4 Å². The number of hydrogen-bond donors (Lipinski definition) is 2. The molecule has 0 aliphatic heterocycles. The predicted molar refractivity (Wildman–Crippen MR) is 84.5 cm³/mol. The second-order valence-corrected chi connectivity index (χ2v) is 4.85. The van der Waals surface area contributed by atoms with Crippen LogP contribution in [-0.2, 0) is 11.2 Å². The molecule has 1 aromatic rings. The first kappa shape index (κ1) is 16.7. The molecule has 1 heterocycles. The van der Waals surface area contributed by atoms with Crippen molar-refractivity contribution in [1.29, 1.82) is 0 Å². The highest BCUT2D eigenvalue weighted by Gasteiger charge is 2.09. The Balaban J connectivity index is 2.56. The van der Waals surface area contributed by atoms with E-state index in [1.807, 2.05) is 14.0 Å². The maximum absolute atomic E-state index is 5.55. The largest absolute Gasteiger partial charge is 0.380 e. The molecule has 114 valence electrons. The van der Waals surface area contributed by atoms with Gasteiger partial charge in [0, 0.05) is 32.2 Å². The van der Waals surface area contributed by atoms with Crippen LogP contribution in [0.2, 0.25) is 0 Å². The average molecular weight is 280 g/mol. The van der Waals surface area contributed by atoms with Crippen LogP contribution >= 0.6 is 0 Å². The van der Waals surface area contributed by atoms with E-state index in [4.69, 9.17) is 4.74 Å². The third-order valence-corrected chi connectivity index (χ3v) is 3.08. The van der Waals surface area contributed by atoms with Crippen molar-refractivity contribution in [1.82, 2.24) is 9.97 Å². The molecule has 0 aliphatic carbocycles. The van der Waals surface area contributed by atoms with Crippen LogP contribution in [0.1, 0.15) is 44.5 Å². The van der Waals surface area contributed by atoms with E-state index in [2.05, 4.69) is 34.4 Å². The fraction of sp³-hybridized carbons (Fsp3) is 0.733. The Labute approximate surface area is 122 Å². The molecule has 5 nitrogen and oxygen atoms in total. The van der Waals surface area contributed by atoms with E-state index in [9.17, 15) is 0 Å². The molecule has 2 N–H and O–H groups in total. The molecule has 0 aromatic carbocycles. The van der Waals surface area contributed by atoms with Gasteiger partial charge in [0.25, 0.3) is 0 Å². The fourth-order valence-corrected chi connectivity index (χ4v) is 1.90. The van der Waals surface area contributed by atoms with Gasteiger partial charge in [0.1, 0.15) is 17.5 Å². The van der Waals surface area contributed by atoms with Crippen molar-refractivity contribution >= 4 is 11.6 Å². The number of ether oxygens (including phenoxy) is 1. The van der Waals surface area contributed by atoms with Gasteiger partial charge < -0.3 is 15.4 Å². The highest BCUT2D eigenvalue weighted by atomic mass is 16.5. The lowest BCUT2D eigenvalue weighted by atomic mass is 10.2. The Bertz CT molecular complexity index is 396. The van der Waals surface area contributed by atoms with Crippen molar-refractivity contribution in [3.63, 3.8) is 0 Å². The minimum atomic E-state index is 0.710. The maximum Gasteiger partial charge on any atom is 0.134 e. The Morgan fingerprint density at radius 1 is 1.05 bits per heavy atom. The van der Waals surface area contributed by atoms with E-state index in [0.29, 0.717) is 6.61 Å². The maximum atomic E-state index is 5.55. The quantitative estimate of drug-likeness (QED) is 0.645. The predicted octanol–water partition coefficient (Wildman–Crippen LogP) is 3.01. The topological polar surface area (TPSA) is 59.1 Å². The summed E-state index contributed by atoms with van der Waals surface area (Å²) in [6.45, 7) is 8.65. The fourth-order valence-electron chi connectivity index (χ4n) is 1.90. The van der Waals surface area contributed by atoms with Crippen molar-refractivity contribution in [3.05, 3.63) is 11.4 Å². The van der Waals surface area contributed by atoms with Crippen LogP contribution in [0, 0.1) is 6.92 Å². The second-order valence-electron chi connectivity index (χ2n) is 4.85. The molecule has 0 spiro atoms. The van der Waals surface area contributed by atoms with E-state index in [-0.39, 0.29) is 0 Å². The number of hydrogen-bond acceptors (Lipinski definition) is 5. The zero-order valence-electron chi connectivity index (χ0n) is 13.3. The van der Waals surface area contributed by atoms with Crippen molar-refractivity contribution in [2.45, 2.75) is 46.5 Å². The van der Waals surface area contributed by atoms with Crippen LogP contribution in [0.4, 0.5) is 11.6 Å². The zero-order chi connectivity index (χ0) is 14.8. The summed E-state index contributed by atoms with van der Waals surface area (Å²) < 4.78 is 5.55. The molecule has 0 amide bonds. The van der Waals surface area contributed by atoms with Crippen LogP contribution in [-0.4, -0.2) is 36.8 Å². The van der Waals surface area contributed by atoms with Gasteiger partial charge in [0.2, 0.25) is 0 Å². The summed E-state index contributed by atoms with van der Waals surface area (Å²) in [5, 5.41) is 6.48. The molecule has 20 heavy (non-hydrogen) atoms. The molecule has 0 saturated carbocycles. The monoisotopic (exact) mass is 280 g/mol. The Kier molecular flexibility index (Phi) is 7.95.